The maximum Gasteiger partial charge on any atom is 0.0866 e. The van der Waals surface area contributed by atoms with Gasteiger partial charge in [-0.25, -0.2) is 0 Å². The third kappa shape index (κ3) is 5.03. The van der Waals surface area contributed by atoms with Crippen molar-refractivity contribution in [2.24, 2.45) is 0 Å². The molecule has 0 saturated carbocycles. The fraction of sp³-hybridized carbons (Fsp3) is 0.923. The first kappa shape index (κ1) is 14.4. The van der Waals surface area contributed by atoms with Crippen LogP contribution < -0.4 is 0 Å². The Labute approximate surface area is 105 Å². The molecule has 1 fully saturated rings. The number of nitriles is 1. The minimum Gasteiger partial charge on any atom is -0.374 e. The topological polar surface area (TPSA) is 39.5 Å². The molecule has 0 aliphatic carbocycles. The highest BCUT2D eigenvalue weighted by atomic mass is 16.5. The molecule has 1 aliphatic rings. The number of hydrogen-bond donors (Lipinski definition) is 0. The van der Waals surface area contributed by atoms with Crippen molar-refractivity contribution in [1.82, 2.24) is 9.80 Å². The molecule has 4 nitrogen and oxygen atoms in total. The Morgan fingerprint density at radius 2 is 2.29 bits per heavy atom. The van der Waals surface area contributed by atoms with Crippen LogP contribution in [0.5, 0.6) is 0 Å². The van der Waals surface area contributed by atoms with Crippen molar-refractivity contribution in [2.45, 2.75) is 39.3 Å². The zero-order valence-corrected chi connectivity index (χ0v) is 11.4. The second-order valence-corrected chi connectivity index (χ2v) is 4.97. The second kappa shape index (κ2) is 7.65. The molecule has 17 heavy (non-hydrogen) atoms. The fourth-order valence-corrected chi connectivity index (χ4v) is 2.26. The van der Waals surface area contributed by atoms with Crippen molar-refractivity contribution < 1.29 is 4.74 Å². The highest BCUT2D eigenvalue weighted by Crippen LogP contribution is 2.10. The first-order chi connectivity index (χ1) is 8.17. The van der Waals surface area contributed by atoms with Gasteiger partial charge in [-0.2, -0.15) is 5.26 Å². The molecule has 1 atom stereocenters. The first-order valence-corrected chi connectivity index (χ1v) is 6.62. The highest BCUT2D eigenvalue weighted by molar-refractivity contribution is 4.81. The largest absolute Gasteiger partial charge is 0.374 e. The summed E-state index contributed by atoms with van der Waals surface area (Å²) in [5, 5.41) is 8.79. The molecular formula is C13H25N3O. The van der Waals surface area contributed by atoms with Crippen LogP contribution in [0.1, 0.15) is 27.2 Å². The van der Waals surface area contributed by atoms with Crippen molar-refractivity contribution in [2.75, 3.05) is 39.3 Å². The van der Waals surface area contributed by atoms with Gasteiger partial charge < -0.3 is 4.74 Å². The molecule has 98 valence electrons. The number of hydrogen-bond acceptors (Lipinski definition) is 4. The van der Waals surface area contributed by atoms with Gasteiger partial charge in [-0.3, -0.25) is 9.80 Å². The summed E-state index contributed by atoms with van der Waals surface area (Å²) in [6.45, 7) is 11.8. The maximum absolute atomic E-state index is 8.79. The summed E-state index contributed by atoms with van der Waals surface area (Å²) in [4.78, 5) is 4.64. The summed E-state index contributed by atoms with van der Waals surface area (Å²) < 4.78 is 5.79. The number of morpholine rings is 1. The van der Waals surface area contributed by atoms with Crippen LogP contribution in [0.3, 0.4) is 0 Å². The second-order valence-electron chi connectivity index (χ2n) is 4.97. The predicted molar refractivity (Wildman–Crippen MR) is 68.8 cm³/mol. The standard InChI is InChI=1S/C13H25N3O/c1-4-6-15(7-5-14)10-13-11-16(12(2)3)8-9-17-13/h12-13H,4,6-11H2,1-3H3. The Balaban J connectivity index is 2.40. The monoisotopic (exact) mass is 239 g/mol. The fourth-order valence-electron chi connectivity index (χ4n) is 2.26. The Morgan fingerprint density at radius 3 is 2.88 bits per heavy atom. The zero-order chi connectivity index (χ0) is 12.7. The highest BCUT2D eigenvalue weighted by Gasteiger charge is 2.23. The first-order valence-electron chi connectivity index (χ1n) is 6.62. The van der Waals surface area contributed by atoms with Gasteiger partial charge in [0, 0.05) is 25.7 Å². The van der Waals surface area contributed by atoms with Crippen LogP contribution in [-0.4, -0.2) is 61.3 Å². The molecule has 0 radical (unpaired) electrons. The third-order valence-corrected chi connectivity index (χ3v) is 3.20. The molecule has 1 aliphatic heterocycles. The van der Waals surface area contributed by atoms with Gasteiger partial charge in [-0.15, -0.1) is 0 Å². The lowest BCUT2D eigenvalue weighted by molar-refractivity contribution is -0.0508. The van der Waals surface area contributed by atoms with Crippen LogP contribution in [0.2, 0.25) is 0 Å². The average Bonchev–Trinajstić information content (AvgIpc) is 2.30. The van der Waals surface area contributed by atoms with E-state index in [-0.39, 0.29) is 6.10 Å². The molecule has 1 heterocycles. The average molecular weight is 239 g/mol. The Bertz CT molecular complexity index is 250. The number of nitrogens with zero attached hydrogens (tertiary/aromatic N) is 3. The minimum absolute atomic E-state index is 0.256. The van der Waals surface area contributed by atoms with E-state index < -0.39 is 0 Å². The van der Waals surface area contributed by atoms with E-state index in [0.29, 0.717) is 12.6 Å². The van der Waals surface area contributed by atoms with E-state index in [1.807, 2.05) is 0 Å². The van der Waals surface area contributed by atoms with Crippen molar-refractivity contribution in [1.29, 1.82) is 5.26 Å². The molecule has 0 aromatic rings. The van der Waals surface area contributed by atoms with E-state index in [2.05, 4.69) is 36.6 Å². The summed E-state index contributed by atoms with van der Waals surface area (Å²) in [7, 11) is 0. The molecule has 1 saturated heterocycles. The Hall–Kier alpha value is -0.630. The Kier molecular flexibility index (Phi) is 6.49. The lowest BCUT2D eigenvalue weighted by Gasteiger charge is -2.37. The third-order valence-electron chi connectivity index (χ3n) is 3.20. The van der Waals surface area contributed by atoms with Crippen LogP contribution in [0.25, 0.3) is 0 Å². The number of ether oxygens (including phenoxy) is 1. The van der Waals surface area contributed by atoms with Crippen LogP contribution in [0, 0.1) is 11.3 Å². The van der Waals surface area contributed by atoms with E-state index in [4.69, 9.17) is 10.00 Å². The lowest BCUT2D eigenvalue weighted by Crippen LogP contribution is -2.49. The molecule has 0 aromatic heterocycles. The van der Waals surface area contributed by atoms with Gasteiger partial charge in [0.1, 0.15) is 0 Å². The summed E-state index contributed by atoms with van der Waals surface area (Å²) in [6, 6.07) is 2.81. The van der Waals surface area contributed by atoms with Crippen LogP contribution >= 0.6 is 0 Å². The van der Waals surface area contributed by atoms with Crippen molar-refractivity contribution >= 4 is 0 Å². The normalized spacial score (nSPS) is 22.0. The van der Waals surface area contributed by atoms with Crippen molar-refractivity contribution in [3.63, 3.8) is 0 Å². The van der Waals surface area contributed by atoms with E-state index in [0.717, 1.165) is 39.2 Å². The van der Waals surface area contributed by atoms with Gasteiger partial charge in [0.2, 0.25) is 0 Å². The predicted octanol–water partition coefficient (Wildman–Crippen LogP) is 1.33. The van der Waals surface area contributed by atoms with Gasteiger partial charge in [0.25, 0.3) is 0 Å². The number of rotatable bonds is 6. The molecule has 0 amide bonds. The molecule has 0 bridgehead atoms. The van der Waals surface area contributed by atoms with Crippen molar-refractivity contribution in [3.8, 4) is 6.07 Å². The van der Waals surface area contributed by atoms with Crippen molar-refractivity contribution in [3.05, 3.63) is 0 Å². The van der Waals surface area contributed by atoms with Crippen LogP contribution in [-0.2, 0) is 4.74 Å². The van der Waals surface area contributed by atoms with E-state index in [1.54, 1.807) is 0 Å². The van der Waals surface area contributed by atoms with Gasteiger partial charge >= 0.3 is 0 Å². The summed E-state index contributed by atoms with van der Waals surface area (Å²) in [6.07, 6.45) is 1.34. The molecule has 0 spiro atoms. The van der Waals surface area contributed by atoms with Gasteiger partial charge in [0.05, 0.1) is 25.3 Å². The maximum atomic E-state index is 8.79. The molecule has 1 unspecified atom stereocenters. The summed E-state index contributed by atoms with van der Waals surface area (Å²) in [5.41, 5.74) is 0. The van der Waals surface area contributed by atoms with Gasteiger partial charge in [-0.05, 0) is 26.8 Å². The van der Waals surface area contributed by atoms with Gasteiger partial charge in [0.15, 0.2) is 0 Å². The quantitative estimate of drug-likeness (QED) is 0.656. The SMILES string of the molecule is CCCN(CC#N)CC1CN(C(C)C)CCO1. The molecule has 1 rings (SSSR count). The van der Waals surface area contributed by atoms with E-state index in [1.165, 1.54) is 0 Å². The zero-order valence-electron chi connectivity index (χ0n) is 11.4. The molecule has 0 aromatic carbocycles. The summed E-state index contributed by atoms with van der Waals surface area (Å²) >= 11 is 0. The van der Waals surface area contributed by atoms with E-state index >= 15 is 0 Å². The Morgan fingerprint density at radius 1 is 1.53 bits per heavy atom. The lowest BCUT2D eigenvalue weighted by atomic mass is 10.2. The van der Waals surface area contributed by atoms with E-state index in [9.17, 15) is 0 Å². The molecular weight excluding hydrogens is 214 g/mol. The molecule has 4 heteroatoms. The van der Waals surface area contributed by atoms with Crippen LogP contribution in [0.15, 0.2) is 0 Å². The minimum atomic E-state index is 0.256. The van der Waals surface area contributed by atoms with Crippen LogP contribution in [0.4, 0.5) is 0 Å². The smallest absolute Gasteiger partial charge is 0.0866 e. The molecule has 0 N–H and O–H groups in total. The summed E-state index contributed by atoms with van der Waals surface area (Å²) in [5.74, 6) is 0. The van der Waals surface area contributed by atoms with Gasteiger partial charge in [-0.1, -0.05) is 6.92 Å².